The van der Waals surface area contributed by atoms with Crippen molar-refractivity contribution < 1.29 is 0 Å². The molecular weight excluding hydrogens is 420 g/mol. The quantitative estimate of drug-likeness (QED) is 0.471. The van der Waals surface area contributed by atoms with E-state index in [-0.39, 0.29) is 12.6 Å². The summed E-state index contributed by atoms with van der Waals surface area (Å²) in [5.74, 6) is 0.572. The molecule has 0 aliphatic carbocycles. The SMILES string of the molecule is CCn1c(N(C)CC(C)N)nc2c1c(=O)n(Cc1ccc3cccnc3c1C#N)c(=O)n2C. The maximum absolute atomic E-state index is 13.6. The van der Waals surface area contributed by atoms with Crippen LogP contribution in [-0.2, 0) is 20.1 Å². The van der Waals surface area contributed by atoms with E-state index in [0.717, 1.165) is 9.95 Å². The highest BCUT2D eigenvalue weighted by Gasteiger charge is 2.22. The van der Waals surface area contributed by atoms with E-state index in [1.807, 2.05) is 37.9 Å². The first-order valence-electron chi connectivity index (χ1n) is 10.7. The average Bonchev–Trinajstić information content (AvgIpc) is 3.20. The number of nitrogens with zero attached hydrogens (tertiary/aromatic N) is 7. The van der Waals surface area contributed by atoms with Crippen LogP contribution in [0.15, 0.2) is 40.1 Å². The summed E-state index contributed by atoms with van der Waals surface area (Å²) in [6.07, 6.45) is 1.62. The fraction of sp³-hybridized carbons (Fsp3) is 0.348. The van der Waals surface area contributed by atoms with Gasteiger partial charge in [-0.3, -0.25) is 18.9 Å². The number of aromatic nitrogens is 5. The van der Waals surface area contributed by atoms with Crippen LogP contribution in [0.3, 0.4) is 0 Å². The van der Waals surface area contributed by atoms with E-state index in [1.54, 1.807) is 29.9 Å². The van der Waals surface area contributed by atoms with Crippen LogP contribution < -0.4 is 21.9 Å². The van der Waals surface area contributed by atoms with Gasteiger partial charge in [-0.2, -0.15) is 10.2 Å². The number of pyridine rings is 1. The summed E-state index contributed by atoms with van der Waals surface area (Å²) in [5.41, 5.74) is 7.09. The van der Waals surface area contributed by atoms with Crippen LogP contribution in [0.5, 0.6) is 0 Å². The zero-order valence-electron chi connectivity index (χ0n) is 19.1. The number of likely N-dealkylation sites (N-methyl/N-ethyl adjacent to an activating group) is 1. The van der Waals surface area contributed by atoms with Crippen molar-refractivity contribution in [3.8, 4) is 6.07 Å². The molecule has 0 spiro atoms. The van der Waals surface area contributed by atoms with Gasteiger partial charge in [-0.15, -0.1) is 0 Å². The smallest absolute Gasteiger partial charge is 0.332 e. The van der Waals surface area contributed by atoms with Crippen LogP contribution >= 0.6 is 0 Å². The molecule has 3 heterocycles. The van der Waals surface area contributed by atoms with Gasteiger partial charge in [0.15, 0.2) is 11.2 Å². The molecule has 0 saturated carbocycles. The maximum Gasteiger partial charge on any atom is 0.332 e. The highest BCUT2D eigenvalue weighted by atomic mass is 16.2. The molecule has 3 aromatic heterocycles. The van der Waals surface area contributed by atoms with E-state index >= 15 is 0 Å². The summed E-state index contributed by atoms with van der Waals surface area (Å²) in [6, 6.07) is 9.35. The Labute approximate surface area is 190 Å². The number of hydrogen-bond acceptors (Lipinski definition) is 7. The summed E-state index contributed by atoms with van der Waals surface area (Å²) in [6.45, 7) is 4.80. The molecule has 4 rings (SSSR count). The number of rotatable bonds is 6. The van der Waals surface area contributed by atoms with Crippen molar-refractivity contribution in [2.24, 2.45) is 12.8 Å². The predicted octanol–water partition coefficient (Wildman–Crippen LogP) is 1.17. The van der Waals surface area contributed by atoms with E-state index in [2.05, 4.69) is 16.0 Å². The van der Waals surface area contributed by atoms with Crippen LogP contribution in [0.1, 0.15) is 25.0 Å². The van der Waals surface area contributed by atoms with Crippen molar-refractivity contribution >= 4 is 28.0 Å². The van der Waals surface area contributed by atoms with Gasteiger partial charge in [0.1, 0.15) is 6.07 Å². The molecule has 4 aromatic rings. The van der Waals surface area contributed by atoms with Crippen LogP contribution in [0.2, 0.25) is 0 Å². The lowest BCUT2D eigenvalue weighted by molar-refractivity contribution is 0.650. The van der Waals surface area contributed by atoms with Crippen molar-refractivity contribution in [3.05, 3.63) is 62.4 Å². The van der Waals surface area contributed by atoms with Gasteiger partial charge in [0, 0.05) is 44.8 Å². The average molecular weight is 447 g/mol. The van der Waals surface area contributed by atoms with E-state index < -0.39 is 11.2 Å². The lowest BCUT2D eigenvalue weighted by Crippen LogP contribution is -2.40. The molecule has 0 fully saturated rings. The molecule has 2 N–H and O–H groups in total. The summed E-state index contributed by atoms with van der Waals surface area (Å²) in [4.78, 5) is 37.5. The lowest BCUT2D eigenvalue weighted by Gasteiger charge is -2.20. The van der Waals surface area contributed by atoms with E-state index in [9.17, 15) is 14.9 Å². The van der Waals surface area contributed by atoms with Gasteiger partial charge in [-0.1, -0.05) is 18.2 Å². The minimum Gasteiger partial charge on any atom is -0.344 e. The van der Waals surface area contributed by atoms with Gasteiger partial charge < -0.3 is 15.2 Å². The Kier molecular flexibility index (Phi) is 5.74. The molecule has 0 radical (unpaired) electrons. The summed E-state index contributed by atoms with van der Waals surface area (Å²) in [7, 11) is 3.45. The van der Waals surface area contributed by atoms with Gasteiger partial charge in [-0.25, -0.2) is 4.79 Å². The molecule has 1 aromatic carbocycles. The number of nitrogens with two attached hydrogens (primary N) is 1. The third kappa shape index (κ3) is 3.66. The summed E-state index contributed by atoms with van der Waals surface area (Å²) in [5, 5.41) is 10.6. The first-order chi connectivity index (χ1) is 15.8. The number of nitriles is 1. The number of anilines is 1. The molecule has 0 aliphatic heterocycles. The first kappa shape index (κ1) is 22.2. The topological polar surface area (TPSA) is 128 Å². The molecular formula is C23H26N8O2. The molecule has 10 nitrogen and oxygen atoms in total. The zero-order chi connectivity index (χ0) is 23.9. The van der Waals surface area contributed by atoms with E-state index in [4.69, 9.17) is 5.73 Å². The second kappa shape index (κ2) is 8.52. The number of benzene rings is 1. The van der Waals surface area contributed by atoms with Gasteiger partial charge in [-0.05, 0) is 25.5 Å². The minimum absolute atomic E-state index is 0.0449. The van der Waals surface area contributed by atoms with Crippen molar-refractivity contribution in [1.29, 1.82) is 5.26 Å². The monoisotopic (exact) mass is 446 g/mol. The van der Waals surface area contributed by atoms with Crippen LogP contribution in [0.4, 0.5) is 5.95 Å². The first-order valence-corrected chi connectivity index (χ1v) is 10.7. The Balaban J connectivity index is 1.93. The fourth-order valence-corrected chi connectivity index (χ4v) is 4.22. The lowest BCUT2D eigenvalue weighted by atomic mass is 10.0. The Morgan fingerprint density at radius 1 is 1.24 bits per heavy atom. The Morgan fingerprint density at radius 2 is 2.00 bits per heavy atom. The number of aryl methyl sites for hydroxylation is 2. The molecule has 0 aliphatic rings. The highest BCUT2D eigenvalue weighted by molar-refractivity contribution is 5.85. The zero-order valence-corrected chi connectivity index (χ0v) is 19.1. The normalized spacial score (nSPS) is 12.2. The Morgan fingerprint density at radius 3 is 2.67 bits per heavy atom. The van der Waals surface area contributed by atoms with Gasteiger partial charge in [0.25, 0.3) is 5.56 Å². The predicted molar refractivity (Wildman–Crippen MR) is 127 cm³/mol. The van der Waals surface area contributed by atoms with Crippen molar-refractivity contribution in [1.82, 2.24) is 23.7 Å². The minimum atomic E-state index is -0.500. The third-order valence-electron chi connectivity index (χ3n) is 5.73. The molecule has 170 valence electrons. The van der Waals surface area contributed by atoms with Crippen molar-refractivity contribution in [2.75, 3.05) is 18.5 Å². The van der Waals surface area contributed by atoms with Gasteiger partial charge >= 0.3 is 5.69 Å². The maximum atomic E-state index is 13.6. The molecule has 0 amide bonds. The van der Waals surface area contributed by atoms with Gasteiger partial charge in [0.05, 0.1) is 17.6 Å². The van der Waals surface area contributed by atoms with Crippen molar-refractivity contribution in [3.63, 3.8) is 0 Å². The fourth-order valence-electron chi connectivity index (χ4n) is 4.22. The second-order valence-corrected chi connectivity index (χ2v) is 8.21. The highest BCUT2D eigenvalue weighted by Crippen LogP contribution is 2.21. The number of imidazole rings is 1. The number of hydrogen-bond donors (Lipinski definition) is 1. The van der Waals surface area contributed by atoms with Crippen LogP contribution in [-0.4, -0.2) is 43.3 Å². The molecule has 10 heteroatoms. The Bertz CT molecular complexity index is 1520. The number of fused-ring (bicyclic) bond motifs is 2. The summed E-state index contributed by atoms with van der Waals surface area (Å²) >= 11 is 0. The molecule has 0 saturated heterocycles. The summed E-state index contributed by atoms with van der Waals surface area (Å²) < 4.78 is 4.32. The molecule has 0 bridgehead atoms. The molecule has 1 unspecified atom stereocenters. The van der Waals surface area contributed by atoms with Crippen LogP contribution in [0, 0.1) is 11.3 Å². The van der Waals surface area contributed by atoms with Crippen molar-refractivity contribution in [2.45, 2.75) is 33.0 Å². The largest absolute Gasteiger partial charge is 0.344 e. The second-order valence-electron chi connectivity index (χ2n) is 8.21. The van der Waals surface area contributed by atoms with Crippen LogP contribution in [0.25, 0.3) is 22.1 Å². The third-order valence-corrected chi connectivity index (χ3v) is 5.73. The standard InChI is InChI=1S/C23H26N8O2/c1-5-30-19-20(27-22(30)28(3)12-14(2)25)29(4)23(33)31(21(19)32)13-16-9-8-15-7-6-10-26-18(15)17(16)11-24/h6-10,14H,5,12-13,25H2,1-4H3. The molecule has 33 heavy (non-hydrogen) atoms. The van der Waals surface area contributed by atoms with E-state index in [1.165, 1.54) is 4.57 Å². The van der Waals surface area contributed by atoms with Gasteiger partial charge in [0.2, 0.25) is 5.95 Å². The van der Waals surface area contributed by atoms with E-state index in [0.29, 0.717) is 46.8 Å². The molecule has 1 atom stereocenters. The Hall–Kier alpha value is -3.97.